The van der Waals surface area contributed by atoms with Gasteiger partial charge in [0.1, 0.15) is 0 Å². The number of carbonyl (C=O) groups excluding carboxylic acids is 1. The lowest BCUT2D eigenvalue weighted by atomic mass is 9.77. The van der Waals surface area contributed by atoms with Gasteiger partial charge in [-0.1, -0.05) is 0 Å². The van der Waals surface area contributed by atoms with Gasteiger partial charge in [-0.15, -0.1) is 0 Å². The molecule has 0 bridgehead atoms. The first-order valence-corrected chi connectivity index (χ1v) is 8.62. The second-order valence-electron chi connectivity index (χ2n) is 7.06. The molecule has 0 spiro atoms. The molecule has 2 unspecified atom stereocenters. The van der Waals surface area contributed by atoms with E-state index in [4.69, 9.17) is 4.74 Å². The summed E-state index contributed by atoms with van der Waals surface area (Å²) in [4.78, 5) is 14.5. The molecule has 1 aromatic carbocycles. The van der Waals surface area contributed by atoms with E-state index in [2.05, 4.69) is 22.6 Å². The minimum atomic E-state index is -0.200. The lowest BCUT2D eigenvalue weighted by molar-refractivity contribution is 0.190. The molecular weight excluding hydrogens is 306 g/mol. The number of likely N-dealkylation sites (N-methyl/N-ethyl adjacent to an activating group) is 1. The van der Waals surface area contributed by atoms with Crippen molar-refractivity contribution < 1.29 is 14.6 Å². The highest BCUT2D eigenvalue weighted by Gasteiger charge is 2.38. The van der Waals surface area contributed by atoms with E-state index in [0.717, 1.165) is 31.4 Å². The third-order valence-corrected chi connectivity index (χ3v) is 5.05. The van der Waals surface area contributed by atoms with Crippen LogP contribution in [0.1, 0.15) is 55.5 Å². The molecule has 2 aliphatic rings. The Balaban J connectivity index is 2.02. The van der Waals surface area contributed by atoms with Gasteiger partial charge in [0.25, 0.3) is 0 Å². The summed E-state index contributed by atoms with van der Waals surface area (Å²) < 4.78 is 5.37. The van der Waals surface area contributed by atoms with E-state index >= 15 is 0 Å². The maximum absolute atomic E-state index is 12.2. The van der Waals surface area contributed by atoms with Crippen molar-refractivity contribution in [2.45, 2.75) is 51.2 Å². The van der Waals surface area contributed by atoms with Gasteiger partial charge in [0, 0.05) is 24.2 Å². The number of urea groups is 1. The van der Waals surface area contributed by atoms with Crippen molar-refractivity contribution in [1.29, 1.82) is 0 Å². The summed E-state index contributed by atoms with van der Waals surface area (Å²) in [6, 6.07) is 1.92. The maximum atomic E-state index is 12.2. The largest absolute Gasteiger partial charge is 0.504 e. The molecule has 0 saturated heterocycles. The first-order valence-electron chi connectivity index (χ1n) is 8.62. The van der Waals surface area contributed by atoms with Gasteiger partial charge >= 0.3 is 6.03 Å². The molecule has 0 saturated carbocycles. The molecule has 0 aromatic heterocycles. The number of aromatic hydroxyl groups is 1. The fraction of sp³-hybridized carbons (Fsp3) is 0.611. The quantitative estimate of drug-likeness (QED) is 0.794. The Morgan fingerprint density at radius 3 is 2.79 bits per heavy atom. The molecule has 1 aromatic rings. The van der Waals surface area contributed by atoms with Crippen LogP contribution in [0.5, 0.6) is 11.5 Å². The number of ether oxygens (including phenoxy) is 1. The van der Waals surface area contributed by atoms with Gasteiger partial charge in [-0.3, -0.25) is 4.90 Å². The van der Waals surface area contributed by atoms with E-state index in [1.807, 2.05) is 19.9 Å². The van der Waals surface area contributed by atoms with Gasteiger partial charge in [-0.05, 0) is 57.4 Å². The van der Waals surface area contributed by atoms with E-state index in [1.54, 1.807) is 7.11 Å². The predicted octanol–water partition coefficient (Wildman–Crippen LogP) is 2.47. The number of rotatable bonds is 3. The molecule has 1 aliphatic heterocycles. The van der Waals surface area contributed by atoms with Crippen LogP contribution >= 0.6 is 0 Å². The number of hydrogen-bond donors (Lipinski definition) is 3. The molecule has 24 heavy (non-hydrogen) atoms. The summed E-state index contributed by atoms with van der Waals surface area (Å²) in [6.45, 7) is 4.85. The Hall–Kier alpha value is -1.95. The van der Waals surface area contributed by atoms with Crippen LogP contribution in [-0.4, -0.2) is 42.8 Å². The Kier molecular flexibility index (Phi) is 4.58. The lowest BCUT2D eigenvalue weighted by Crippen LogP contribution is -2.44. The minimum absolute atomic E-state index is 0.0697. The van der Waals surface area contributed by atoms with E-state index in [1.165, 1.54) is 11.1 Å². The topological polar surface area (TPSA) is 73.8 Å². The Morgan fingerprint density at radius 2 is 2.12 bits per heavy atom. The normalized spacial score (nSPS) is 22.9. The van der Waals surface area contributed by atoms with Crippen molar-refractivity contribution >= 4 is 6.03 Å². The van der Waals surface area contributed by atoms with Crippen LogP contribution in [0.3, 0.4) is 0 Å². The summed E-state index contributed by atoms with van der Waals surface area (Å²) in [5.41, 5.74) is 3.22. The predicted molar refractivity (Wildman–Crippen MR) is 92.5 cm³/mol. The monoisotopic (exact) mass is 333 g/mol. The van der Waals surface area contributed by atoms with Crippen molar-refractivity contribution in [3.63, 3.8) is 0 Å². The number of hydrogen-bond acceptors (Lipinski definition) is 4. The molecule has 2 amide bonds. The molecular formula is C18H27N3O3. The Labute approximate surface area is 143 Å². The second kappa shape index (κ2) is 6.51. The molecule has 132 valence electrons. The first-order chi connectivity index (χ1) is 11.4. The van der Waals surface area contributed by atoms with Gasteiger partial charge in [-0.2, -0.15) is 0 Å². The summed E-state index contributed by atoms with van der Waals surface area (Å²) in [5, 5.41) is 16.6. The average molecular weight is 333 g/mol. The Bertz CT molecular complexity index is 645. The van der Waals surface area contributed by atoms with E-state index < -0.39 is 0 Å². The summed E-state index contributed by atoms with van der Waals surface area (Å²) in [6.07, 6.45) is 2.69. The molecule has 0 fully saturated rings. The molecule has 2 atom stereocenters. The van der Waals surface area contributed by atoms with E-state index in [0.29, 0.717) is 11.8 Å². The smallest absolute Gasteiger partial charge is 0.315 e. The van der Waals surface area contributed by atoms with Crippen molar-refractivity contribution in [2.75, 3.05) is 20.7 Å². The number of benzene rings is 1. The van der Waals surface area contributed by atoms with Crippen molar-refractivity contribution in [3.8, 4) is 11.5 Å². The zero-order valence-electron chi connectivity index (χ0n) is 14.8. The number of carbonyl (C=O) groups is 1. The van der Waals surface area contributed by atoms with Crippen LogP contribution in [0, 0.1) is 0 Å². The minimum Gasteiger partial charge on any atom is -0.504 e. The second-order valence-corrected chi connectivity index (χ2v) is 7.06. The molecule has 6 nitrogen and oxygen atoms in total. The lowest BCUT2D eigenvalue weighted by Gasteiger charge is -2.42. The zero-order chi connectivity index (χ0) is 17.4. The van der Waals surface area contributed by atoms with E-state index in [9.17, 15) is 9.90 Å². The number of nitrogens with zero attached hydrogens (tertiary/aromatic N) is 1. The zero-order valence-corrected chi connectivity index (χ0v) is 14.8. The van der Waals surface area contributed by atoms with Crippen molar-refractivity contribution in [3.05, 3.63) is 22.8 Å². The molecule has 3 N–H and O–H groups in total. The summed E-state index contributed by atoms with van der Waals surface area (Å²) in [5.74, 6) is 0.649. The van der Waals surface area contributed by atoms with Crippen LogP contribution in [0.4, 0.5) is 4.79 Å². The third kappa shape index (κ3) is 2.90. The molecule has 6 heteroatoms. The highest BCUT2D eigenvalue weighted by Crippen LogP contribution is 2.49. The molecule has 1 heterocycles. The van der Waals surface area contributed by atoms with E-state index in [-0.39, 0.29) is 23.9 Å². The van der Waals surface area contributed by atoms with Gasteiger partial charge < -0.3 is 20.5 Å². The summed E-state index contributed by atoms with van der Waals surface area (Å²) in [7, 11) is 3.69. The average Bonchev–Trinajstić information content (AvgIpc) is 2.52. The standard InChI is InChI=1S/C18H27N3O3/c1-10(2)19-18(23)20-12-5-6-13-15-11(7-8-21(13)3)9-14(24-4)17(22)16(12)15/h9-10,12-13,22H,5-8H2,1-4H3,(H2,19,20,23). The molecule has 0 radical (unpaired) electrons. The first kappa shape index (κ1) is 16.9. The Morgan fingerprint density at radius 1 is 1.38 bits per heavy atom. The number of amides is 2. The van der Waals surface area contributed by atoms with Crippen LogP contribution in [0.15, 0.2) is 6.07 Å². The fourth-order valence-corrected chi connectivity index (χ4v) is 3.96. The fourth-order valence-electron chi connectivity index (χ4n) is 3.96. The van der Waals surface area contributed by atoms with Crippen LogP contribution in [0.25, 0.3) is 0 Å². The number of nitrogens with one attached hydrogen (secondary N) is 2. The third-order valence-electron chi connectivity index (χ3n) is 5.05. The molecule has 3 rings (SSSR count). The van der Waals surface area contributed by atoms with Crippen LogP contribution in [0.2, 0.25) is 0 Å². The van der Waals surface area contributed by atoms with Gasteiger partial charge in [-0.25, -0.2) is 4.79 Å². The van der Waals surface area contributed by atoms with Crippen molar-refractivity contribution in [1.82, 2.24) is 15.5 Å². The number of phenolic OH excluding ortho intramolecular Hbond substituents is 1. The SMILES string of the molecule is COc1cc2c3c(c1O)C(NC(=O)NC(C)C)CCC3N(C)CC2. The summed E-state index contributed by atoms with van der Waals surface area (Å²) >= 11 is 0. The van der Waals surface area contributed by atoms with Gasteiger partial charge in [0.15, 0.2) is 11.5 Å². The van der Waals surface area contributed by atoms with Crippen LogP contribution < -0.4 is 15.4 Å². The van der Waals surface area contributed by atoms with Crippen molar-refractivity contribution in [2.24, 2.45) is 0 Å². The van der Waals surface area contributed by atoms with Gasteiger partial charge in [0.2, 0.25) is 0 Å². The highest BCUT2D eigenvalue weighted by molar-refractivity contribution is 5.75. The molecule has 1 aliphatic carbocycles. The highest BCUT2D eigenvalue weighted by atomic mass is 16.5. The van der Waals surface area contributed by atoms with Gasteiger partial charge in [0.05, 0.1) is 13.2 Å². The maximum Gasteiger partial charge on any atom is 0.315 e. The van der Waals surface area contributed by atoms with Crippen LogP contribution in [-0.2, 0) is 6.42 Å². The number of methoxy groups -OCH3 is 1. The number of phenols is 1.